The molecule has 0 aliphatic carbocycles. The lowest BCUT2D eigenvalue weighted by molar-refractivity contribution is 0.631. The van der Waals surface area contributed by atoms with Gasteiger partial charge in [0, 0.05) is 22.9 Å². The first-order valence-electron chi connectivity index (χ1n) is 4.18. The summed E-state index contributed by atoms with van der Waals surface area (Å²) in [4.78, 5) is 0. The second-order valence-electron chi connectivity index (χ2n) is 2.85. The molecule has 0 atom stereocenters. The van der Waals surface area contributed by atoms with Crippen LogP contribution in [0.1, 0.15) is 0 Å². The summed E-state index contributed by atoms with van der Waals surface area (Å²) < 4.78 is 13.3. The average molecular weight is 199 g/mol. The Morgan fingerprint density at radius 3 is 1.93 bits per heavy atom. The molecule has 0 bridgehead atoms. The van der Waals surface area contributed by atoms with Gasteiger partial charge in [-0.05, 0) is 11.6 Å². The van der Waals surface area contributed by atoms with Crippen LogP contribution in [0.25, 0.3) is 11.1 Å². The van der Waals surface area contributed by atoms with Crippen molar-refractivity contribution < 1.29 is 4.39 Å². The van der Waals surface area contributed by atoms with Crippen molar-refractivity contribution >= 4 is 17.4 Å². The van der Waals surface area contributed by atoms with Crippen LogP contribution in [-0.2, 0) is 0 Å². The van der Waals surface area contributed by atoms with E-state index in [0.717, 1.165) is 5.56 Å². The molecule has 14 heavy (non-hydrogen) atoms. The highest BCUT2D eigenvalue weighted by Crippen LogP contribution is 2.21. The van der Waals surface area contributed by atoms with E-state index in [0.29, 0.717) is 5.56 Å². The highest BCUT2D eigenvalue weighted by molar-refractivity contribution is 5.75. The van der Waals surface area contributed by atoms with Gasteiger partial charge >= 0.3 is 0 Å². The second-order valence-corrected chi connectivity index (χ2v) is 2.85. The minimum Gasteiger partial charge on any atom is -0.206 e. The molecule has 3 radical (unpaired) electrons. The molecule has 67 valence electrons. The summed E-state index contributed by atoms with van der Waals surface area (Å²) in [6, 6.07) is 16.3. The Labute approximate surface area is 93.5 Å². The highest BCUT2D eigenvalue weighted by Gasteiger charge is 2.01. The van der Waals surface area contributed by atoms with Crippen molar-refractivity contribution in [2.24, 2.45) is 0 Å². The lowest BCUT2D eigenvalue weighted by Gasteiger charge is -2.01. The van der Waals surface area contributed by atoms with E-state index in [9.17, 15) is 4.39 Å². The Balaban J connectivity index is 0.000000980. The van der Waals surface area contributed by atoms with E-state index in [1.165, 1.54) is 6.07 Å². The predicted octanol–water partition coefficient (Wildman–Crippen LogP) is 3.11. The van der Waals surface area contributed by atoms with Gasteiger partial charge < -0.3 is 0 Å². The lowest BCUT2D eigenvalue weighted by atomic mass is 10.1. The van der Waals surface area contributed by atoms with Crippen molar-refractivity contribution in [1.82, 2.24) is 0 Å². The van der Waals surface area contributed by atoms with Crippen LogP contribution in [0, 0.1) is 5.82 Å². The summed E-state index contributed by atoms with van der Waals surface area (Å²) in [5, 5.41) is 0. The van der Waals surface area contributed by atoms with Crippen molar-refractivity contribution in [2.75, 3.05) is 0 Å². The summed E-state index contributed by atoms with van der Waals surface area (Å²) in [5.41, 5.74) is 1.57. The first-order chi connectivity index (χ1) is 6.38. The Bertz CT molecular complexity index is 398. The molecular weight excluding hydrogens is 190 g/mol. The monoisotopic (exact) mass is 199 g/mol. The van der Waals surface area contributed by atoms with Crippen LogP contribution in [0.4, 0.5) is 4.39 Å². The topological polar surface area (TPSA) is 0 Å². The van der Waals surface area contributed by atoms with Crippen molar-refractivity contribution in [3.05, 3.63) is 60.4 Å². The Hall–Kier alpha value is -1.10. The summed E-state index contributed by atoms with van der Waals surface area (Å²) in [6.07, 6.45) is 0. The Kier molecular flexibility index (Phi) is 3.88. The van der Waals surface area contributed by atoms with Crippen LogP contribution in [-0.4, -0.2) is 17.4 Å². The van der Waals surface area contributed by atoms with Gasteiger partial charge in [-0.15, -0.1) is 0 Å². The van der Waals surface area contributed by atoms with Crippen LogP contribution in [0.15, 0.2) is 54.6 Å². The van der Waals surface area contributed by atoms with Gasteiger partial charge in [-0.2, -0.15) is 0 Å². The third-order valence-corrected chi connectivity index (χ3v) is 1.96. The minimum atomic E-state index is -0.172. The molecule has 2 aromatic rings. The van der Waals surface area contributed by atoms with Crippen LogP contribution in [0.5, 0.6) is 0 Å². The smallest absolute Gasteiger partial charge is 0.131 e. The first kappa shape index (κ1) is 11.0. The molecule has 2 heteroatoms. The number of hydrogen-bond donors (Lipinski definition) is 0. The second kappa shape index (κ2) is 4.95. The summed E-state index contributed by atoms with van der Waals surface area (Å²) in [5.74, 6) is -0.172. The van der Waals surface area contributed by atoms with Gasteiger partial charge in [-0.1, -0.05) is 48.5 Å². The molecule has 2 aromatic carbocycles. The number of hydrogen-bond acceptors (Lipinski definition) is 0. The van der Waals surface area contributed by atoms with Gasteiger partial charge in [-0.25, -0.2) is 4.39 Å². The zero-order valence-electron chi connectivity index (χ0n) is 7.65. The van der Waals surface area contributed by atoms with Crippen LogP contribution < -0.4 is 0 Å². The summed E-state index contributed by atoms with van der Waals surface area (Å²) >= 11 is 0. The van der Waals surface area contributed by atoms with E-state index in [1.807, 2.05) is 36.4 Å². The number of benzene rings is 2. The van der Waals surface area contributed by atoms with Crippen molar-refractivity contribution in [1.29, 1.82) is 0 Å². The largest absolute Gasteiger partial charge is 0.206 e. The lowest BCUT2D eigenvalue weighted by Crippen LogP contribution is -1.81. The third kappa shape index (κ3) is 2.23. The van der Waals surface area contributed by atoms with E-state index >= 15 is 0 Å². The Morgan fingerprint density at radius 2 is 1.29 bits per heavy atom. The van der Waals surface area contributed by atoms with Crippen molar-refractivity contribution in [3.8, 4) is 11.1 Å². The van der Waals surface area contributed by atoms with Gasteiger partial charge in [0.25, 0.3) is 0 Å². The highest BCUT2D eigenvalue weighted by atomic mass is 27.0. The normalized spacial score (nSPS) is 9.21. The zero-order valence-corrected chi connectivity index (χ0v) is 8.81. The van der Waals surface area contributed by atoms with Gasteiger partial charge in [-0.3, -0.25) is 0 Å². The molecule has 0 fully saturated rings. The molecule has 0 amide bonds. The molecule has 0 aliphatic rings. The summed E-state index contributed by atoms with van der Waals surface area (Å²) in [6.45, 7) is 0. The minimum absolute atomic E-state index is 0. The quantitative estimate of drug-likeness (QED) is 0.619. The van der Waals surface area contributed by atoms with Crippen LogP contribution in [0.2, 0.25) is 0 Å². The maximum atomic E-state index is 13.3. The van der Waals surface area contributed by atoms with Gasteiger partial charge in [0.05, 0.1) is 0 Å². The molecule has 0 aliphatic heterocycles. The molecule has 0 spiro atoms. The first-order valence-corrected chi connectivity index (χ1v) is 4.18. The molecule has 0 saturated carbocycles. The molecule has 2 rings (SSSR count). The predicted molar refractivity (Wildman–Crippen MR) is 57.6 cm³/mol. The van der Waals surface area contributed by atoms with E-state index in [-0.39, 0.29) is 23.2 Å². The maximum Gasteiger partial charge on any atom is 0.131 e. The summed E-state index contributed by atoms with van der Waals surface area (Å²) in [7, 11) is 0. The molecule has 0 heterocycles. The average Bonchev–Trinajstić information content (AvgIpc) is 2.20. The molecule has 0 aromatic heterocycles. The Morgan fingerprint density at radius 1 is 0.714 bits per heavy atom. The molecular formula is C12H9AlF. The van der Waals surface area contributed by atoms with Crippen molar-refractivity contribution in [3.63, 3.8) is 0 Å². The van der Waals surface area contributed by atoms with Crippen molar-refractivity contribution in [2.45, 2.75) is 0 Å². The number of halogens is 1. The van der Waals surface area contributed by atoms with E-state index < -0.39 is 0 Å². The molecule has 0 unspecified atom stereocenters. The maximum absolute atomic E-state index is 13.3. The van der Waals surface area contributed by atoms with Gasteiger partial charge in [0.2, 0.25) is 0 Å². The molecule has 0 nitrogen and oxygen atoms in total. The standard InChI is InChI=1S/C12H9F.Al/c13-12-9-5-4-8-11(12)10-6-2-1-3-7-10;/h1-9H;. The van der Waals surface area contributed by atoms with E-state index in [1.54, 1.807) is 12.1 Å². The SMILES string of the molecule is Fc1ccccc1-c1ccccc1.[Al]. The van der Waals surface area contributed by atoms with E-state index in [4.69, 9.17) is 0 Å². The number of rotatable bonds is 1. The van der Waals surface area contributed by atoms with Crippen LogP contribution in [0.3, 0.4) is 0 Å². The fraction of sp³-hybridized carbons (Fsp3) is 0. The van der Waals surface area contributed by atoms with Gasteiger partial charge in [0.15, 0.2) is 0 Å². The third-order valence-electron chi connectivity index (χ3n) is 1.96. The molecule has 0 saturated heterocycles. The van der Waals surface area contributed by atoms with Crippen LogP contribution >= 0.6 is 0 Å². The fourth-order valence-corrected chi connectivity index (χ4v) is 1.31. The van der Waals surface area contributed by atoms with Gasteiger partial charge in [0.1, 0.15) is 5.82 Å². The fourth-order valence-electron chi connectivity index (χ4n) is 1.31. The zero-order chi connectivity index (χ0) is 9.10. The van der Waals surface area contributed by atoms with E-state index in [2.05, 4.69) is 0 Å². The molecule has 0 N–H and O–H groups in total.